The highest BCUT2D eigenvalue weighted by molar-refractivity contribution is 5.41. The summed E-state index contributed by atoms with van der Waals surface area (Å²) in [5.74, 6) is 2.55. The van der Waals surface area contributed by atoms with Crippen molar-refractivity contribution >= 4 is 5.95 Å². The smallest absolute Gasteiger partial charge is 0.228 e. The van der Waals surface area contributed by atoms with E-state index in [1.807, 2.05) is 36.2 Å². The zero-order chi connectivity index (χ0) is 18.6. The lowest BCUT2D eigenvalue weighted by atomic mass is 10.2. The highest BCUT2D eigenvalue weighted by Crippen LogP contribution is 2.31. The number of nitrogens with zero attached hydrogens (tertiary/aromatic N) is 3. The second-order valence-corrected chi connectivity index (χ2v) is 6.13. The van der Waals surface area contributed by atoms with Crippen molar-refractivity contribution in [2.75, 3.05) is 25.1 Å². The van der Waals surface area contributed by atoms with Crippen LogP contribution in [0.15, 0.2) is 60.8 Å². The van der Waals surface area contributed by atoms with E-state index in [1.54, 1.807) is 24.4 Å². The van der Waals surface area contributed by atoms with Gasteiger partial charge in [0.15, 0.2) is 17.6 Å². The molecule has 0 bridgehead atoms. The molecule has 0 aliphatic carbocycles. The van der Waals surface area contributed by atoms with Gasteiger partial charge in [0.25, 0.3) is 0 Å². The van der Waals surface area contributed by atoms with Crippen LogP contribution in [0, 0.1) is 5.82 Å². The molecule has 7 heteroatoms. The van der Waals surface area contributed by atoms with Crippen LogP contribution in [0.5, 0.6) is 23.1 Å². The Balaban J connectivity index is 1.42. The van der Waals surface area contributed by atoms with E-state index in [4.69, 9.17) is 14.2 Å². The summed E-state index contributed by atoms with van der Waals surface area (Å²) in [4.78, 5) is 10.6. The Bertz CT molecular complexity index is 920. The number of rotatable bonds is 5. The molecule has 27 heavy (non-hydrogen) atoms. The number of hydrogen-bond acceptors (Lipinski definition) is 6. The van der Waals surface area contributed by atoms with Crippen LogP contribution in [0.2, 0.25) is 0 Å². The molecule has 4 rings (SSSR count). The molecule has 1 unspecified atom stereocenters. The van der Waals surface area contributed by atoms with E-state index in [0.29, 0.717) is 30.7 Å². The third-order valence-electron chi connectivity index (χ3n) is 4.04. The number of benzene rings is 2. The largest absolute Gasteiger partial charge is 0.486 e. The van der Waals surface area contributed by atoms with Crippen molar-refractivity contribution in [1.29, 1.82) is 0 Å². The maximum Gasteiger partial charge on any atom is 0.228 e. The highest BCUT2D eigenvalue weighted by Gasteiger charge is 2.23. The lowest BCUT2D eigenvalue weighted by Crippen LogP contribution is -2.40. The van der Waals surface area contributed by atoms with Crippen LogP contribution in [0.4, 0.5) is 10.3 Å². The summed E-state index contributed by atoms with van der Waals surface area (Å²) >= 11 is 0. The van der Waals surface area contributed by atoms with Crippen LogP contribution >= 0.6 is 0 Å². The topological polar surface area (TPSA) is 56.7 Å². The number of fused-ring (bicyclic) bond motifs is 1. The van der Waals surface area contributed by atoms with Gasteiger partial charge in [0, 0.05) is 19.3 Å². The fourth-order valence-corrected chi connectivity index (χ4v) is 2.74. The summed E-state index contributed by atoms with van der Waals surface area (Å²) in [7, 11) is 1.88. The second-order valence-electron chi connectivity index (χ2n) is 6.13. The minimum atomic E-state index is -0.318. The molecule has 1 aromatic heterocycles. The Morgan fingerprint density at radius 1 is 1.11 bits per heavy atom. The molecule has 1 atom stereocenters. The van der Waals surface area contributed by atoms with Crippen molar-refractivity contribution in [3.63, 3.8) is 0 Å². The predicted molar refractivity (Wildman–Crippen MR) is 98.1 cm³/mol. The average molecular weight is 367 g/mol. The van der Waals surface area contributed by atoms with E-state index in [0.717, 1.165) is 11.5 Å². The summed E-state index contributed by atoms with van der Waals surface area (Å²) in [6, 6.07) is 15.0. The van der Waals surface area contributed by atoms with Crippen LogP contribution in [0.1, 0.15) is 0 Å². The van der Waals surface area contributed by atoms with Gasteiger partial charge in [-0.1, -0.05) is 12.1 Å². The van der Waals surface area contributed by atoms with Gasteiger partial charge < -0.3 is 19.1 Å². The molecule has 0 N–H and O–H groups in total. The lowest BCUT2D eigenvalue weighted by Gasteiger charge is -2.29. The maximum absolute atomic E-state index is 13.0. The van der Waals surface area contributed by atoms with Crippen LogP contribution < -0.4 is 19.1 Å². The fourth-order valence-electron chi connectivity index (χ4n) is 2.74. The van der Waals surface area contributed by atoms with Gasteiger partial charge in [0.1, 0.15) is 18.2 Å². The molecule has 2 aromatic carbocycles. The number of hydrogen-bond donors (Lipinski definition) is 0. The number of aromatic nitrogens is 2. The fraction of sp³-hybridized carbons (Fsp3) is 0.200. The molecular formula is C20H18FN3O3. The van der Waals surface area contributed by atoms with Gasteiger partial charge in [-0.05, 0) is 36.4 Å². The van der Waals surface area contributed by atoms with Gasteiger partial charge in [-0.3, -0.25) is 0 Å². The van der Waals surface area contributed by atoms with Gasteiger partial charge in [0.05, 0.1) is 6.54 Å². The molecule has 1 aliphatic rings. The Hall–Kier alpha value is -3.35. The minimum absolute atomic E-state index is 0.143. The molecule has 0 saturated carbocycles. The number of halogens is 1. The van der Waals surface area contributed by atoms with Crippen molar-refractivity contribution in [2.45, 2.75) is 6.10 Å². The second kappa shape index (κ2) is 7.49. The molecule has 138 valence electrons. The van der Waals surface area contributed by atoms with Crippen molar-refractivity contribution in [3.8, 4) is 23.1 Å². The van der Waals surface area contributed by atoms with Gasteiger partial charge in [-0.2, -0.15) is 4.98 Å². The monoisotopic (exact) mass is 367 g/mol. The quantitative estimate of drug-likeness (QED) is 0.686. The molecule has 3 aromatic rings. The summed E-state index contributed by atoms with van der Waals surface area (Å²) in [5.41, 5.74) is 0. The van der Waals surface area contributed by atoms with Crippen molar-refractivity contribution in [1.82, 2.24) is 9.97 Å². The average Bonchev–Trinajstić information content (AvgIpc) is 2.70. The van der Waals surface area contributed by atoms with Gasteiger partial charge in [-0.15, -0.1) is 0 Å². The van der Waals surface area contributed by atoms with E-state index in [9.17, 15) is 4.39 Å². The van der Waals surface area contributed by atoms with E-state index in [-0.39, 0.29) is 11.9 Å². The summed E-state index contributed by atoms with van der Waals surface area (Å²) < 4.78 is 30.4. The van der Waals surface area contributed by atoms with Crippen LogP contribution in [0.3, 0.4) is 0 Å². The SMILES string of the molecule is CN(CC1COc2ccccc2O1)c1nccc(Oc2ccc(F)cc2)n1. The van der Waals surface area contributed by atoms with Gasteiger partial charge in [-0.25, -0.2) is 9.37 Å². The molecule has 0 amide bonds. The molecular weight excluding hydrogens is 349 g/mol. The number of ether oxygens (including phenoxy) is 3. The van der Waals surface area contributed by atoms with E-state index in [2.05, 4.69) is 9.97 Å². The molecule has 1 aliphatic heterocycles. The van der Waals surface area contributed by atoms with Gasteiger partial charge >= 0.3 is 0 Å². The molecule has 0 saturated heterocycles. The normalized spacial score (nSPS) is 15.3. The molecule has 0 spiro atoms. The minimum Gasteiger partial charge on any atom is -0.486 e. The number of anilines is 1. The first-order valence-corrected chi connectivity index (χ1v) is 8.53. The van der Waals surface area contributed by atoms with Crippen LogP contribution in [0.25, 0.3) is 0 Å². The summed E-state index contributed by atoms with van der Waals surface area (Å²) in [5, 5.41) is 0. The first-order valence-electron chi connectivity index (χ1n) is 8.53. The molecule has 0 radical (unpaired) electrons. The molecule has 0 fully saturated rings. The Kier molecular flexibility index (Phi) is 4.74. The first-order chi connectivity index (χ1) is 13.2. The Labute approximate surface area is 156 Å². The summed E-state index contributed by atoms with van der Waals surface area (Å²) in [6.45, 7) is 1.00. The maximum atomic E-state index is 13.0. The third-order valence-corrected chi connectivity index (χ3v) is 4.04. The number of likely N-dealkylation sites (N-methyl/N-ethyl adjacent to an activating group) is 1. The highest BCUT2D eigenvalue weighted by atomic mass is 19.1. The van der Waals surface area contributed by atoms with E-state index < -0.39 is 0 Å². The molecule has 2 heterocycles. The first kappa shape index (κ1) is 17.1. The van der Waals surface area contributed by atoms with Crippen molar-refractivity contribution < 1.29 is 18.6 Å². The third kappa shape index (κ3) is 4.08. The Morgan fingerprint density at radius 3 is 2.70 bits per heavy atom. The zero-order valence-corrected chi connectivity index (χ0v) is 14.7. The Morgan fingerprint density at radius 2 is 1.89 bits per heavy atom. The zero-order valence-electron chi connectivity index (χ0n) is 14.7. The summed E-state index contributed by atoms with van der Waals surface area (Å²) in [6.07, 6.45) is 1.47. The van der Waals surface area contributed by atoms with Crippen LogP contribution in [-0.4, -0.2) is 36.3 Å². The van der Waals surface area contributed by atoms with Crippen molar-refractivity contribution in [3.05, 3.63) is 66.6 Å². The van der Waals surface area contributed by atoms with Crippen LogP contribution in [-0.2, 0) is 0 Å². The standard InChI is InChI=1S/C20H18FN3O3/c1-24(12-16-13-25-17-4-2-3-5-18(17)26-16)20-22-11-10-19(23-20)27-15-8-6-14(21)7-9-15/h2-11,16H,12-13H2,1H3. The molecule has 6 nitrogen and oxygen atoms in total. The number of para-hydroxylation sites is 2. The lowest BCUT2D eigenvalue weighted by molar-refractivity contribution is 0.0958. The van der Waals surface area contributed by atoms with Gasteiger partial charge in [0.2, 0.25) is 11.8 Å². The van der Waals surface area contributed by atoms with E-state index in [1.165, 1.54) is 12.1 Å². The predicted octanol–water partition coefficient (Wildman–Crippen LogP) is 3.68. The van der Waals surface area contributed by atoms with E-state index >= 15 is 0 Å². The van der Waals surface area contributed by atoms with Crippen molar-refractivity contribution in [2.24, 2.45) is 0 Å².